The van der Waals surface area contributed by atoms with Crippen LogP contribution in [0.15, 0.2) is 29.8 Å². The molecule has 1 amide bonds. The highest BCUT2D eigenvalue weighted by atomic mass is 32.1. The highest BCUT2D eigenvalue weighted by Crippen LogP contribution is 2.20. The highest BCUT2D eigenvalue weighted by molar-refractivity contribution is 7.09. The monoisotopic (exact) mass is 397 g/mol. The van der Waals surface area contributed by atoms with E-state index in [1.807, 2.05) is 23.7 Å². The predicted octanol–water partition coefficient (Wildman–Crippen LogP) is 3.46. The van der Waals surface area contributed by atoms with Crippen molar-refractivity contribution in [3.8, 4) is 0 Å². The van der Waals surface area contributed by atoms with Crippen molar-refractivity contribution in [1.82, 2.24) is 25.0 Å². The number of aryl methyl sites for hydroxylation is 1. The maximum absolute atomic E-state index is 12.8. The van der Waals surface area contributed by atoms with Gasteiger partial charge in [-0.3, -0.25) is 4.79 Å². The zero-order chi connectivity index (χ0) is 19.3. The topological polar surface area (TPSA) is 63.1 Å². The third-order valence-electron chi connectivity index (χ3n) is 5.25. The van der Waals surface area contributed by atoms with E-state index in [4.69, 9.17) is 0 Å². The van der Waals surface area contributed by atoms with Crippen molar-refractivity contribution in [1.29, 1.82) is 0 Å². The van der Waals surface area contributed by atoms with Crippen LogP contribution in [-0.4, -0.2) is 51.8 Å². The molecule has 0 spiro atoms. The van der Waals surface area contributed by atoms with E-state index in [0.717, 1.165) is 29.7 Å². The number of fused-ring (bicyclic) bond motifs is 1. The standard InChI is InChI=1S/C21H27N5OS/c1-16-13-18(21(27)22-8-6-11-25-9-3-2-4-10-25)19-14-23-26(20(19)24-16)15-17-7-5-12-28-17/h5,7,12-14H,2-4,6,8-11,15H2,1H3,(H,22,27). The Morgan fingerprint density at radius 2 is 2.14 bits per heavy atom. The minimum Gasteiger partial charge on any atom is -0.352 e. The van der Waals surface area contributed by atoms with Crippen LogP contribution in [0.3, 0.4) is 0 Å². The summed E-state index contributed by atoms with van der Waals surface area (Å²) in [4.78, 5) is 21.2. The Morgan fingerprint density at radius 3 is 2.93 bits per heavy atom. The minimum absolute atomic E-state index is 0.0372. The summed E-state index contributed by atoms with van der Waals surface area (Å²) < 4.78 is 1.88. The van der Waals surface area contributed by atoms with Gasteiger partial charge >= 0.3 is 0 Å². The number of nitrogens with one attached hydrogen (secondary N) is 1. The van der Waals surface area contributed by atoms with Crippen LogP contribution < -0.4 is 5.32 Å². The quantitative estimate of drug-likeness (QED) is 0.620. The number of amides is 1. The number of rotatable bonds is 7. The number of thiophene rings is 1. The molecule has 3 aromatic rings. The Labute approximate surface area is 169 Å². The number of aromatic nitrogens is 3. The molecule has 0 aliphatic carbocycles. The van der Waals surface area contributed by atoms with Crippen LogP contribution in [0.5, 0.6) is 0 Å². The molecule has 0 atom stereocenters. The first-order valence-corrected chi connectivity index (χ1v) is 10.9. The number of carbonyl (C=O) groups is 1. The number of pyridine rings is 1. The maximum Gasteiger partial charge on any atom is 0.252 e. The molecule has 1 saturated heterocycles. The van der Waals surface area contributed by atoms with Gasteiger partial charge in [-0.25, -0.2) is 9.67 Å². The fourth-order valence-electron chi connectivity index (χ4n) is 3.81. The van der Waals surface area contributed by atoms with Gasteiger partial charge in [-0.15, -0.1) is 11.3 Å². The van der Waals surface area contributed by atoms with Crippen molar-refractivity contribution in [2.24, 2.45) is 0 Å². The van der Waals surface area contributed by atoms with Gasteiger partial charge in [-0.1, -0.05) is 12.5 Å². The van der Waals surface area contributed by atoms with Crippen LogP contribution in [0.1, 0.15) is 46.6 Å². The molecule has 0 radical (unpaired) electrons. The molecule has 148 valence electrons. The van der Waals surface area contributed by atoms with Crippen molar-refractivity contribution < 1.29 is 4.79 Å². The minimum atomic E-state index is -0.0372. The summed E-state index contributed by atoms with van der Waals surface area (Å²) >= 11 is 1.70. The summed E-state index contributed by atoms with van der Waals surface area (Å²) in [7, 11) is 0. The molecule has 3 aromatic heterocycles. The largest absolute Gasteiger partial charge is 0.352 e. The first-order valence-electron chi connectivity index (χ1n) is 10.1. The van der Waals surface area contributed by atoms with E-state index in [2.05, 4.69) is 31.7 Å². The van der Waals surface area contributed by atoms with Gasteiger partial charge in [0.25, 0.3) is 5.91 Å². The lowest BCUT2D eigenvalue weighted by molar-refractivity contribution is 0.0952. The first-order chi connectivity index (χ1) is 13.7. The van der Waals surface area contributed by atoms with E-state index < -0.39 is 0 Å². The van der Waals surface area contributed by atoms with Crippen molar-refractivity contribution >= 4 is 28.3 Å². The average molecular weight is 398 g/mol. The van der Waals surface area contributed by atoms with Crippen molar-refractivity contribution in [3.63, 3.8) is 0 Å². The maximum atomic E-state index is 12.8. The van der Waals surface area contributed by atoms with E-state index in [1.165, 1.54) is 37.2 Å². The normalized spacial score (nSPS) is 15.2. The summed E-state index contributed by atoms with van der Waals surface area (Å²) in [6.07, 6.45) is 6.70. The fraction of sp³-hybridized carbons (Fsp3) is 0.476. The second-order valence-electron chi connectivity index (χ2n) is 7.44. The van der Waals surface area contributed by atoms with E-state index in [1.54, 1.807) is 17.5 Å². The van der Waals surface area contributed by atoms with E-state index in [0.29, 0.717) is 18.7 Å². The molecule has 4 heterocycles. The molecule has 0 saturated carbocycles. The van der Waals surface area contributed by atoms with Gasteiger partial charge in [0.15, 0.2) is 5.65 Å². The van der Waals surface area contributed by atoms with Gasteiger partial charge in [0.2, 0.25) is 0 Å². The average Bonchev–Trinajstić information content (AvgIpc) is 3.36. The van der Waals surface area contributed by atoms with E-state index in [9.17, 15) is 4.79 Å². The van der Waals surface area contributed by atoms with Crippen LogP contribution in [0.2, 0.25) is 0 Å². The highest BCUT2D eigenvalue weighted by Gasteiger charge is 2.16. The molecular formula is C21H27N5OS. The van der Waals surface area contributed by atoms with E-state index >= 15 is 0 Å². The summed E-state index contributed by atoms with van der Waals surface area (Å²) in [6.45, 7) is 6.75. The molecule has 1 aliphatic heterocycles. The molecular weight excluding hydrogens is 370 g/mol. The zero-order valence-corrected chi connectivity index (χ0v) is 17.2. The number of hydrogen-bond donors (Lipinski definition) is 1. The molecule has 0 unspecified atom stereocenters. The lowest BCUT2D eigenvalue weighted by Gasteiger charge is -2.26. The van der Waals surface area contributed by atoms with Gasteiger partial charge in [-0.05, 0) is 63.3 Å². The van der Waals surface area contributed by atoms with Gasteiger partial charge in [-0.2, -0.15) is 5.10 Å². The summed E-state index contributed by atoms with van der Waals surface area (Å²) in [6, 6.07) is 5.98. The summed E-state index contributed by atoms with van der Waals surface area (Å²) in [5.74, 6) is -0.0372. The predicted molar refractivity (Wildman–Crippen MR) is 113 cm³/mol. The van der Waals surface area contributed by atoms with Crippen molar-refractivity contribution in [3.05, 3.63) is 45.9 Å². The Hall–Kier alpha value is -2.25. The molecule has 1 N–H and O–H groups in total. The smallest absolute Gasteiger partial charge is 0.252 e. The van der Waals surface area contributed by atoms with Crippen LogP contribution in [-0.2, 0) is 6.54 Å². The third-order valence-corrected chi connectivity index (χ3v) is 6.11. The lowest BCUT2D eigenvalue weighted by Crippen LogP contribution is -2.33. The molecule has 1 aliphatic rings. The Kier molecular flexibility index (Phi) is 6.02. The van der Waals surface area contributed by atoms with Crippen LogP contribution in [0.25, 0.3) is 11.0 Å². The fourth-order valence-corrected chi connectivity index (χ4v) is 4.50. The second kappa shape index (κ2) is 8.84. The number of piperidine rings is 1. The first kappa shape index (κ1) is 19.1. The molecule has 0 bridgehead atoms. The van der Waals surface area contributed by atoms with Gasteiger partial charge in [0, 0.05) is 17.1 Å². The lowest BCUT2D eigenvalue weighted by atomic mass is 10.1. The Morgan fingerprint density at radius 1 is 1.29 bits per heavy atom. The third kappa shape index (κ3) is 4.42. The summed E-state index contributed by atoms with van der Waals surface area (Å²) in [5.41, 5.74) is 2.27. The molecule has 0 aromatic carbocycles. The number of hydrogen-bond acceptors (Lipinski definition) is 5. The Bertz CT molecular complexity index is 928. The van der Waals surface area contributed by atoms with Gasteiger partial charge < -0.3 is 10.2 Å². The van der Waals surface area contributed by atoms with Crippen molar-refractivity contribution in [2.45, 2.75) is 39.2 Å². The number of nitrogens with zero attached hydrogens (tertiary/aromatic N) is 4. The summed E-state index contributed by atoms with van der Waals surface area (Å²) in [5, 5.41) is 10.4. The molecule has 28 heavy (non-hydrogen) atoms. The van der Waals surface area contributed by atoms with E-state index in [-0.39, 0.29) is 5.91 Å². The number of carbonyl (C=O) groups excluding carboxylic acids is 1. The Balaban J connectivity index is 1.42. The van der Waals surface area contributed by atoms with Crippen LogP contribution >= 0.6 is 11.3 Å². The number of likely N-dealkylation sites (tertiary alicyclic amines) is 1. The molecule has 7 heteroatoms. The second-order valence-corrected chi connectivity index (χ2v) is 8.47. The van der Waals surface area contributed by atoms with Crippen molar-refractivity contribution in [2.75, 3.05) is 26.2 Å². The molecule has 6 nitrogen and oxygen atoms in total. The zero-order valence-electron chi connectivity index (χ0n) is 16.4. The SMILES string of the molecule is Cc1cc(C(=O)NCCCN2CCCCC2)c2cnn(Cc3cccs3)c2n1. The van der Waals surface area contributed by atoms with Crippen LogP contribution in [0, 0.1) is 6.92 Å². The molecule has 1 fully saturated rings. The van der Waals surface area contributed by atoms with Gasteiger partial charge in [0.05, 0.1) is 23.7 Å². The van der Waals surface area contributed by atoms with Crippen LogP contribution in [0.4, 0.5) is 0 Å². The van der Waals surface area contributed by atoms with Gasteiger partial charge in [0.1, 0.15) is 0 Å². The molecule has 4 rings (SSSR count).